The molecule has 0 amide bonds. The van der Waals surface area contributed by atoms with E-state index < -0.39 is 10.0 Å². The number of hydrogen-bond acceptors (Lipinski definition) is 4. The van der Waals surface area contributed by atoms with Crippen LogP contribution < -0.4 is 14.2 Å². The molecule has 0 radical (unpaired) electrons. The molecule has 0 aliphatic heterocycles. The van der Waals surface area contributed by atoms with Crippen molar-refractivity contribution in [1.82, 2.24) is 4.72 Å². The van der Waals surface area contributed by atoms with E-state index in [1.807, 2.05) is 38.1 Å². The molecule has 5 nitrogen and oxygen atoms in total. The summed E-state index contributed by atoms with van der Waals surface area (Å²) in [6, 6.07) is 12.8. The minimum absolute atomic E-state index is 0.129. The summed E-state index contributed by atoms with van der Waals surface area (Å²) >= 11 is 3.29. The number of nitrogens with one attached hydrogen (secondary N) is 1. The van der Waals surface area contributed by atoms with Crippen LogP contribution in [0.15, 0.2) is 51.8 Å². The van der Waals surface area contributed by atoms with Gasteiger partial charge in [0.15, 0.2) is 0 Å². The summed E-state index contributed by atoms with van der Waals surface area (Å²) in [5, 5.41) is 0. The Morgan fingerprint density at radius 1 is 1.12 bits per heavy atom. The fourth-order valence-corrected chi connectivity index (χ4v) is 4.22. The van der Waals surface area contributed by atoms with E-state index in [-0.39, 0.29) is 11.0 Å². The Morgan fingerprint density at radius 2 is 1.81 bits per heavy atom. The number of ether oxygens (including phenoxy) is 2. The molecule has 0 aliphatic carbocycles. The topological polar surface area (TPSA) is 64.6 Å². The van der Waals surface area contributed by atoms with E-state index in [9.17, 15) is 8.42 Å². The first-order valence-corrected chi connectivity index (χ1v) is 10.7. The average Bonchev–Trinajstić information content (AvgIpc) is 2.59. The van der Waals surface area contributed by atoms with E-state index >= 15 is 0 Å². The zero-order valence-electron chi connectivity index (χ0n) is 15.2. The third kappa shape index (κ3) is 6.00. The highest BCUT2D eigenvalue weighted by Crippen LogP contribution is 2.27. The van der Waals surface area contributed by atoms with Crippen LogP contribution in [0.2, 0.25) is 0 Å². The summed E-state index contributed by atoms with van der Waals surface area (Å²) in [7, 11) is -2.17. The van der Waals surface area contributed by atoms with Gasteiger partial charge >= 0.3 is 0 Å². The van der Waals surface area contributed by atoms with Crippen molar-refractivity contribution in [1.29, 1.82) is 0 Å². The first kappa shape index (κ1) is 20.7. The fourth-order valence-electron chi connectivity index (χ4n) is 2.44. The van der Waals surface area contributed by atoms with Crippen molar-refractivity contribution in [2.75, 3.05) is 13.7 Å². The summed E-state index contributed by atoms with van der Waals surface area (Å²) in [6.45, 7) is 4.32. The van der Waals surface area contributed by atoms with E-state index in [2.05, 4.69) is 20.7 Å². The first-order valence-electron chi connectivity index (χ1n) is 8.40. The monoisotopic (exact) mass is 441 g/mol. The summed E-state index contributed by atoms with van der Waals surface area (Å²) in [6.07, 6.45) is 1.62. The molecule has 0 unspecified atom stereocenters. The number of hydrogen-bond donors (Lipinski definition) is 1. The van der Waals surface area contributed by atoms with Gasteiger partial charge in [-0.2, -0.15) is 0 Å². The molecule has 0 aliphatic rings. The maximum absolute atomic E-state index is 12.5. The van der Waals surface area contributed by atoms with Crippen molar-refractivity contribution in [2.45, 2.75) is 37.7 Å². The number of methoxy groups -OCH3 is 1. The molecule has 0 atom stereocenters. The lowest BCUT2D eigenvalue weighted by molar-refractivity contribution is 0.242. The van der Waals surface area contributed by atoms with Crippen molar-refractivity contribution in [3.63, 3.8) is 0 Å². The van der Waals surface area contributed by atoms with Crippen molar-refractivity contribution in [2.24, 2.45) is 0 Å². The van der Waals surface area contributed by atoms with Gasteiger partial charge in [0.25, 0.3) is 0 Å². The Hall–Kier alpha value is -1.57. The van der Waals surface area contributed by atoms with E-state index in [1.165, 1.54) is 13.2 Å². The van der Waals surface area contributed by atoms with Crippen LogP contribution in [0.3, 0.4) is 0 Å². The molecule has 0 fully saturated rings. The highest BCUT2D eigenvalue weighted by molar-refractivity contribution is 9.10. The van der Waals surface area contributed by atoms with Gasteiger partial charge in [-0.3, -0.25) is 0 Å². The average molecular weight is 442 g/mol. The van der Waals surface area contributed by atoms with Crippen molar-refractivity contribution in [3.05, 3.63) is 52.5 Å². The van der Waals surface area contributed by atoms with Crippen LogP contribution in [0.4, 0.5) is 0 Å². The Labute approximate surface area is 163 Å². The van der Waals surface area contributed by atoms with Crippen molar-refractivity contribution in [3.8, 4) is 11.5 Å². The second-order valence-electron chi connectivity index (χ2n) is 6.11. The predicted octanol–water partition coefficient (Wildman–Crippen LogP) is 4.16. The molecule has 2 rings (SSSR count). The van der Waals surface area contributed by atoms with E-state index in [4.69, 9.17) is 9.47 Å². The van der Waals surface area contributed by atoms with Crippen LogP contribution in [0.5, 0.6) is 11.5 Å². The second kappa shape index (κ2) is 9.39. The molecule has 0 saturated carbocycles. The molecule has 0 saturated heterocycles. The lowest BCUT2D eigenvalue weighted by Crippen LogP contribution is -2.25. The summed E-state index contributed by atoms with van der Waals surface area (Å²) in [5.41, 5.74) is 1.14. The molecule has 142 valence electrons. The van der Waals surface area contributed by atoms with Gasteiger partial charge in [0.2, 0.25) is 10.0 Å². The van der Waals surface area contributed by atoms with Crippen LogP contribution in [-0.2, 0) is 16.4 Å². The largest absolute Gasteiger partial charge is 0.495 e. The molecule has 2 aromatic carbocycles. The maximum Gasteiger partial charge on any atom is 0.244 e. The van der Waals surface area contributed by atoms with E-state index in [0.29, 0.717) is 23.2 Å². The maximum atomic E-state index is 12.5. The van der Waals surface area contributed by atoms with Crippen molar-refractivity contribution >= 4 is 26.0 Å². The summed E-state index contributed by atoms with van der Waals surface area (Å²) in [5.74, 6) is 1.16. The Morgan fingerprint density at radius 3 is 2.42 bits per heavy atom. The molecule has 1 N–H and O–H groups in total. The lowest BCUT2D eigenvalue weighted by Gasteiger charge is -2.12. The smallest absolute Gasteiger partial charge is 0.244 e. The Balaban J connectivity index is 1.90. The molecule has 2 aromatic rings. The van der Waals surface area contributed by atoms with Crippen LogP contribution in [0.1, 0.15) is 25.8 Å². The van der Waals surface area contributed by atoms with Gasteiger partial charge in [-0.05, 0) is 62.6 Å². The van der Waals surface area contributed by atoms with Gasteiger partial charge in [-0.1, -0.05) is 28.1 Å². The van der Waals surface area contributed by atoms with Gasteiger partial charge in [0.1, 0.15) is 16.4 Å². The number of sulfonamides is 1. The first-order chi connectivity index (χ1) is 12.3. The second-order valence-corrected chi connectivity index (χ2v) is 8.76. The minimum Gasteiger partial charge on any atom is -0.495 e. The predicted molar refractivity (Wildman–Crippen MR) is 106 cm³/mol. The van der Waals surface area contributed by atoms with Gasteiger partial charge < -0.3 is 9.47 Å². The van der Waals surface area contributed by atoms with Crippen LogP contribution in [0.25, 0.3) is 0 Å². The lowest BCUT2D eigenvalue weighted by atomic mass is 10.1. The number of rotatable bonds is 9. The highest BCUT2D eigenvalue weighted by atomic mass is 79.9. The molecular weight excluding hydrogens is 418 g/mol. The molecule has 0 spiro atoms. The Kier molecular flexibility index (Phi) is 7.49. The van der Waals surface area contributed by atoms with Crippen LogP contribution in [0, 0.1) is 0 Å². The third-order valence-corrected chi connectivity index (χ3v) is 5.62. The third-order valence-electron chi connectivity index (χ3n) is 3.64. The number of benzene rings is 2. The van der Waals surface area contributed by atoms with Crippen LogP contribution >= 0.6 is 15.9 Å². The number of halogens is 1. The highest BCUT2D eigenvalue weighted by Gasteiger charge is 2.19. The molecule has 0 aromatic heterocycles. The SMILES string of the molecule is COc1ccc(Br)cc1S(=O)(=O)NCCCc1ccc(OC(C)C)cc1. The van der Waals surface area contributed by atoms with Gasteiger partial charge in [-0.15, -0.1) is 0 Å². The zero-order valence-corrected chi connectivity index (χ0v) is 17.6. The van der Waals surface area contributed by atoms with E-state index in [1.54, 1.807) is 12.1 Å². The van der Waals surface area contributed by atoms with Gasteiger partial charge in [-0.25, -0.2) is 13.1 Å². The quantitative estimate of drug-likeness (QED) is 0.593. The molecule has 0 bridgehead atoms. The van der Waals surface area contributed by atoms with Gasteiger partial charge in [0.05, 0.1) is 13.2 Å². The minimum atomic E-state index is -3.63. The fraction of sp³-hybridized carbons (Fsp3) is 0.368. The molecule has 26 heavy (non-hydrogen) atoms. The zero-order chi connectivity index (χ0) is 19.2. The van der Waals surface area contributed by atoms with Crippen LogP contribution in [-0.4, -0.2) is 28.2 Å². The van der Waals surface area contributed by atoms with E-state index in [0.717, 1.165) is 17.7 Å². The molecular formula is C19H24BrNO4S. The summed E-state index contributed by atoms with van der Waals surface area (Å²) < 4.78 is 39.1. The molecule has 7 heteroatoms. The van der Waals surface area contributed by atoms with Gasteiger partial charge in [0, 0.05) is 11.0 Å². The summed E-state index contributed by atoms with van der Waals surface area (Å²) in [4.78, 5) is 0.129. The normalized spacial score (nSPS) is 11.6. The Bertz CT molecular complexity index is 820. The molecule has 0 heterocycles. The standard InChI is InChI=1S/C19H24BrNO4S/c1-14(2)25-17-9-6-15(7-10-17)5-4-12-21-26(22,23)19-13-16(20)8-11-18(19)24-3/h6-11,13-14,21H,4-5,12H2,1-3H3. The number of aryl methyl sites for hydroxylation is 1. The van der Waals surface area contributed by atoms with Crippen molar-refractivity contribution < 1.29 is 17.9 Å².